The molecule has 0 aliphatic carbocycles. The van der Waals surface area contributed by atoms with Gasteiger partial charge < -0.3 is 15.4 Å². The Morgan fingerprint density at radius 1 is 1.52 bits per heavy atom. The Kier molecular flexibility index (Phi) is 4.23. The number of aromatic nitrogens is 3. The normalized spacial score (nSPS) is 18.4. The molecule has 0 radical (unpaired) electrons. The van der Waals surface area contributed by atoms with Crippen molar-refractivity contribution in [3.63, 3.8) is 0 Å². The molecular weight excluding hydrogens is 270 g/mol. The van der Waals surface area contributed by atoms with Crippen molar-refractivity contribution in [3.8, 4) is 5.69 Å². The van der Waals surface area contributed by atoms with E-state index >= 15 is 0 Å². The van der Waals surface area contributed by atoms with Crippen LogP contribution in [0.4, 0.5) is 0 Å². The molecule has 1 fully saturated rings. The van der Waals surface area contributed by atoms with Crippen LogP contribution < -0.4 is 10.6 Å². The summed E-state index contributed by atoms with van der Waals surface area (Å²) in [5.41, 5.74) is 1.91. The Morgan fingerprint density at radius 3 is 3.24 bits per heavy atom. The molecular formula is C14H17N5O2. The summed E-state index contributed by atoms with van der Waals surface area (Å²) in [6.07, 6.45) is 2.72. The molecule has 1 unspecified atom stereocenters. The number of ether oxygens (including phenoxy) is 1. The lowest BCUT2D eigenvalue weighted by Gasteiger charge is -2.22. The Morgan fingerprint density at radius 2 is 2.48 bits per heavy atom. The summed E-state index contributed by atoms with van der Waals surface area (Å²) >= 11 is 0. The number of nitrogens with one attached hydrogen (secondary N) is 2. The van der Waals surface area contributed by atoms with Crippen LogP contribution >= 0.6 is 0 Å². The Bertz CT molecular complexity index is 593. The zero-order valence-electron chi connectivity index (χ0n) is 11.5. The maximum atomic E-state index is 12.0. The fourth-order valence-electron chi connectivity index (χ4n) is 2.19. The van der Waals surface area contributed by atoms with E-state index in [1.54, 1.807) is 11.0 Å². The summed E-state index contributed by atoms with van der Waals surface area (Å²) in [6, 6.07) is 7.79. The highest BCUT2D eigenvalue weighted by Gasteiger charge is 2.21. The van der Waals surface area contributed by atoms with Gasteiger partial charge in [-0.3, -0.25) is 4.79 Å². The van der Waals surface area contributed by atoms with E-state index in [0.29, 0.717) is 19.7 Å². The van der Waals surface area contributed by atoms with E-state index in [4.69, 9.17) is 4.74 Å². The summed E-state index contributed by atoms with van der Waals surface area (Å²) in [4.78, 5) is 15.9. The number of morpholine rings is 1. The molecule has 2 N–H and O–H groups in total. The van der Waals surface area contributed by atoms with E-state index in [-0.39, 0.29) is 5.91 Å². The second-order valence-corrected chi connectivity index (χ2v) is 4.79. The fraction of sp³-hybridized carbons (Fsp3) is 0.357. The molecule has 1 atom stereocenters. The SMILES string of the molecule is O=C(NCc1cccc(-n2cncn2)c1)C1CNCCO1. The van der Waals surface area contributed by atoms with Crippen LogP contribution in [0.25, 0.3) is 5.69 Å². The predicted molar refractivity (Wildman–Crippen MR) is 75.8 cm³/mol. The van der Waals surface area contributed by atoms with Gasteiger partial charge in [-0.25, -0.2) is 9.67 Å². The third-order valence-electron chi connectivity index (χ3n) is 3.28. The number of hydrogen-bond acceptors (Lipinski definition) is 5. The van der Waals surface area contributed by atoms with E-state index in [1.165, 1.54) is 6.33 Å². The minimum absolute atomic E-state index is 0.0895. The fourth-order valence-corrected chi connectivity index (χ4v) is 2.19. The lowest BCUT2D eigenvalue weighted by molar-refractivity contribution is -0.134. The van der Waals surface area contributed by atoms with Crippen LogP contribution in [0.3, 0.4) is 0 Å². The van der Waals surface area contributed by atoms with Crippen molar-refractivity contribution < 1.29 is 9.53 Å². The van der Waals surface area contributed by atoms with Gasteiger partial charge in [0.15, 0.2) is 0 Å². The molecule has 1 aromatic carbocycles. The maximum absolute atomic E-state index is 12.0. The molecule has 1 amide bonds. The molecule has 7 heteroatoms. The van der Waals surface area contributed by atoms with Crippen LogP contribution in [0.1, 0.15) is 5.56 Å². The van der Waals surface area contributed by atoms with Crippen molar-refractivity contribution >= 4 is 5.91 Å². The summed E-state index contributed by atoms with van der Waals surface area (Å²) in [6.45, 7) is 2.38. The number of hydrogen-bond donors (Lipinski definition) is 2. The number of benzene rings is 1. The molecule has 0 spiro atoms. The van der Waals surface area contributed by atoms with E-state index in [9.17, 15) is 4.79 Å². The van der Waals surface area contributed by atoms with E-state index in [2.05, 4.69) is 20.7 Å². The third kappa shape index (κ3) is 3.45. The molecule has 3 rings (SSSR count). The van der Waals surface area contributed by atoms with Crippen molar-refractivity contribution in [1.29, 1.82) is 0 Å². The van der Waals surface area contributed by atoms with E-state index < -0.39 is 6.10 Å². The van der Waals surface area contributed by atoms with Crippen molar-refractivity contribution in [2.45, 2.75) is 12.6 Å². The molecule has 1 saturated heterocycles. The molecule has 7 nitrogen and oxygen atoms in total. The maximum Gasteiger partial charge on any atom is 0.250 e. The van der Waals surface area contributed by atoms with E-state index in [1.807, 2.05) is 24.3 Å². The van der Waals surface area contributed by atoms with Crippen LogP contribution in [-0.2, 0) is 16.1 Å². The molecule has 1 aliphatic rings. The molecule has 0 bridgehead atoms. The first-order valence-corrected chi connectivity index (χ1v) is 6.87. The van der Waals surface area contributed by atoms with Crippen LogP contribution in [0.15, 0.2) is 36.9 Å². The summed E-state index contributed by atoms with van der Waals surface area (Å²) < 4.78 is 7.09. The highest BCUT2D eigenvalue weighted by Crippen LogP contribution is 2.09. The van der Waals surface area contributed by atoms with Crippen molar-refractivity contribution in [3.05, 3.63) is 42.5 Å². The minimum Gasteiger partial charge on any atom is -0.366 e. The number of rotatable bonds is 4. The molecule has 2 heterocycles. The Hall–Kier alpha value is -2.25. The van der Waals surface area contributed by atoms with Gasteiger partial charge in [-0.1, -0.05) is 12.1 Å². The zero-order chi connectivity index (χ0) is 14.5. The van der Waals surface area contributed by atoms with Crippen molar-refractivity contribution in [1.82, 2.24) is 25.4 Å². The molecule has 110 valence electrons. The largest absolute Gasteiger partial charge is 0.366 e. The molecule has 1 aromatic heterocycles. The smallest absolute Gasteiger partial charge is 0.250 e. The molecule has 1 aliphatic heterocycles. The van der Waals surface area contributed by atoms with Gasteiger partial charge in [0, 0.05) is 19.6 Å². The number of carbonyl (C=O) groups is 1. The highest BCUT2D eigenvalue weighted by atomic mass is 16.5. The second-order valence-electron chi connectivity index (χ2n) is 4.79. The van der Waals surface area contributed by atoms with Gasteiger partial charge in [-0.05, 0) is 17.7 Å². The zero-order valence-corrected chi connectivity index (χ0v) is 11.5. The third-order valence-corrected chi connectivity index (χ3v) is 3.28. The molecule has 0 saturated carbocycles. The number of nitrogens with zero attached hydrogens (tertiary/aromatic N) is 3. The lowest BCUT2D eigenvalue weighted by atomic mass is 10.2. The quantitative estimate of drug-likeness (QED) is 0.819. The number of carbonyl (C=O) groups excluding carboxylic acids is 1. The van der Waals surface area contributed by atoms with E-state index in [0.717, 1.165) is 17.8 Å². The second kappa shape index (κ2) is 6.47. The van der Waals surface area contributed by atoms with Crippen molar-refractivity contribution in [2.75, 3.05) is 19.7 Å². The molecule has 21 heavy (non-hydrogen) atoms. The van der Waals surface area contributed by atoms with Crippen LogP contribution in [-0.4, -0.2) is 46.5 Å². The van der Waals surface area contributed by atoms with Crippen molar-refractivity contribution in [2.24, 2.45) is 0 Å². The predicted octanol–water partition coefficient (Wildman–Crippen LogP) is -0.128. The van der Waals surface area contributed by atoms with Crippen LogP contribution in [0, 0.1) is 0 Å². The summed E-state index contributed by atoms with van der Waals surface area (Å²) in [5.74, 6) is -0.0895. The van der Waals surface area contributed by atoms with Gasteiger partial charge in [-0.15, -0.1) is 0 Å². The first-order valence-electron chi connectivity index (χ1n) is 6.87. The topological polar surface area (TPSA) is 81.1 Å². The average Bonchev–Trinajstić information content (AvgIpc) is 3.08. The average molecular weight is 287 g/mol. The van der Waals surface area contributed by atoms with Crippen LogP contribution in [0.2, 0.25) is 0 Å². The van der Waals surface area contributed by atoms with Gasteiger partial charge >= 0.3 is 0 Å². The van der Waals surface area contributed by atoms with Crippen LogP contribution in [0.5, 0.6) is 0 Å². The van der Waals surface area contributed by atoms with Gasteiger partial charge in [0.2, 0.25) is 0 Å². The van der Waals surface area contributed by atoms with Gasteiger partial charge in [0.05, 0.1) is 12.3 Å². The lowest BCUT2D eigenvalue weighted by Crippen LogP contribution is -2.47. The first-order chi connectivity index (χ1) is 10.3. The summed E-state index contributed by atoms with van der Waals surface area (Å²) in [7, 11) is 0. The number of amides is 1. The monoisotopic (exact) mass is 287 g/mol. The van der Waals surface area contributed by atoms with Gasteiger partial charge in [0.1, 0.15) is 18.8 Å². The molecule has 2 aromatic rings. The Balaban J connectivity index is 1.60. The summed E-state index contributed by atoms with van der Waals surface area (Å²) in [5, 5.41) is 10.1. The van der Waals surface area contributed by atoms with Gasteiger partial charge in [0.25, 0.3) is 5.91 Å². The standard InChI is InChI=1S/C14H17N5O2/c20-14(13-8-15-4-5-21-13)17-7-11-2-1-3-12(6-11)19-10-16-9-18-19/h1-3,6,9-10,13,15H,4-5,7-8H2,(H,17,20). The highest BCUT2D eigenvalue weighted by molar-refractivity contribution is 5.81. The first kappa shape index (κ1) is 13.7. The Labute approximate surface area is 122 Å². The van der Waals surface area contributed by atoms with Gasteiger partial charge in [-0.2, -0.15) is 5.10 Å². The minimum atomic E-state index is -0.405.